The number of rotatable bonds is 5. The first-order valence-corrected chi connectivity index (χ1v) is 10.9. The smallest absolute Gasteiger partial charge is 0.246 e. The third-order valence-corrected chi connectivity index (χ3v) is 6.02. The highest BCUT2D eigenvalue weighted by Crippen LogP contribution is 2.26. The van der Waals surface area contributed by atoms with Gasteiger partial charge < -0.3 is 15.0 Å². The summed E-state index contributed by atoms with van der Waals surface area (Å²) in [5.74, 6) is -0.958. The highest BCUT2D eigenvalue weighted by Gasteiger charge is 2.27. The second-order valence-corrected chi connectivity index (χ2v) is 8.36. The highest BCUT2D eigenvalue weighted by molar-refractivity contribution is 5.64. The van der Waals surface area contributed by atoms with Crippen molar-refractivity contribution >= 4 is 17.3 Å². The molecule has 2 aliphatic rings. The van der Waals surface area contributed by atoms with Crippen molar-refractivity contribution in [1.82, 2.24) is 19.7 Å². The first-order chi connectivity index (χ1) is 15.5. The standard InChI is InChI=1S/C23H26F2N6O.H2/c1-16-8-19(27-23-26-15-31(28-23)22-11-17(24)10-18(25)12-22)13-21(9-16)30-5-3-29(4-6-30)20-2-7-32-14-20;/h8-13,15,20H,2-7,14H2,1H3,(H,27,28);1H. The molecule has 0 amide bonds. The topological polar surface area (TPSA) is 58.5 Å². The molecule has 170 valence electrons. The fraction of sp³-hybridized carbons (Fsp3) is 0.391. The lowest BCUT2D eigenvalue weighted by molar-refractivity contribution is 0.139. The molecule has 2 aromatic carbocycles. The molecule has 0 saturated carbocycles. The van der Waals surface area contributed by atoms with Crippen molar-refractivity contribution in [1.29, 1.82) is 0 Å². The molecule has 5 rings (SSSR count). The van der Waals surface area contributed by atoms with Crippen molar-refractivity contribution in [3.63, 3.8) is 0 Å². The second-order valence-electron chi connectivity index (χ2n) is 8.36. The van der Waals surface area contributed by atoms with E-state index >= 15 is 0 Å². The molecule has 3 heterocycles. The van der Waals surface area contributed by atoms with Crippen LogP contribution in [0.3, 0.4) is 0 Å². The van der Waals surface area contributed by atoms with Crippen LogP contribution in [-0.2, 0) is 4.74 Å². The van der Waals surface area contributed by atoms with E-state index in [9.17, 15) is 8.78 Å². The lowest BCUT2D eigenvalue weighted by atomic mass is 10.1. The zero-order valence-corrected chi connectivity index (χ0v) is 18.0. The van der Waals surface area contributed by atoms with Gasteiger partial charge in [-0.25, -0.2) is 13.5 Å². The fourth-order valence-corrected chi connectivity index (χ4v) is 4.42. The van der Waals surface area contributed by atoms with Crippen molar-refractivity contribution in [3.8, 4) is 5.69 Å². The van der Waals surface area contributed by atoms with E-state index in [0.717, 1.165) is 68.8 Å². The van der Waals surface area contributed by atoms with Gasteiger partial charge in [-0.1, -0.05) is 0 Å². The Morgan fingerprint density at radius 3 is 2.50 bits per heavy atom. The van der Waals surface area contributed by atoms with E-state index in [1.807, 2.05) is 6.07 Å². The van der Waals surface area contributed by atoms with E-state index in [-0.39, 0.29) is 7.11 Å². The van der Waals surface area contributed by atoms with Gasteiger partial charge in [0.15, 0.2) is 0 Å². The summed E-state index contributed by atoms with van der Waals surface area (Å²) in [6.07, 6.45) is 2.56. The Hall–Kier alpha value is -3.04. The summed E-state index contributed by atoms with van der Waals surface area (Å²) >= 11 is 0. The van der Waals surface area contributed by atoms with Gasteiger partial charge in [-0.15, -0.1) is 5.10 Å². The van der Waals surface area contributed by atoms with Crippen molar-refractivity contribution in [2.24, 2.45) is 0 Å². The van der Waals surface area contributed by atoms with E-state index in [1.165, 1.54) is 23.1 Å². The zero-order chi connectivity index (χ0) is 22.1. The monoisotopic (exact) mass is 442 g/mol. The van der Waals surface area contributed by atoms with Crippen LogP contribution in [0.15, 0.2) is 42.7 Å². The van der Waals surface area contributed by atoms with E-state index in [4.69, 9.17) is 4.74 Å². The maximum Gasteiger partial charge on any atom is 0.246 e. The maximum atomic E-state index is 13.5. The summed E-state index contributed by atoms with van der Waals surface area (Å²) in [5.41, 5.74) is 3.43. The number of nitrogens with zero attached hydrogens (tertiary/aromatic N) is 5. The van der Waals surface area contributed by atoms with Gasteiger partial charge in [-0.3, -0.25) is 4.90 Å². The van der Waals surface area contributed by atoms with Crippen LogP contribution in [0.2, 0.25) is 0 Å². The normalized spacial score (nSPS) is 19.5. The number of piperazine rings is 1. The average Bonchev–Trinajstić information content (AvgIpc) is 3.45. The quantitative estimate of drug-likeness (QED) is 0.650. The average molecular weight is 443 g/mol. The van der Waals surface area contributed by atoms with Crippen LogP contribution in [0.4, 0.5) is 26.1 Å². The molecule has 2 saturated heterocycles. The van der Waals surface area contributed by atoms with Crippen LogP contribution in [0.1, 0.15) is 13.4 Å². The molecule has 2 fully saturated rings. The number of aromatic nitrogens is 3. The van der Waals surface area contributed by atoms with Crippen molar-refractivity contribution in [2.75, 3.05) is 49.6 Å². The lowest BCUT2D eigenvalue weighted by Crippen LogP contribution is -2.50. The van der Waals surface area contributed by atoms with E-state index < -0.39 is 11.6 Å². The van der Waals surface area contributed by atoms with Gasteiger partial charge in [0.1, 0.15) is 18.0 Å². The molecule has 0 spiro atoms. The largest absolute Gasteiger partial charge is 0.380 e. The number of aryl methyl sites for hydroxylation is 1. The Balaban J connectivity index is 0.00000259. The highest BCUT2D eigenvalue weighted by atomic mass is 19.1. The van der Waals surface area contributed by atoms with E-state index in [0.29, 0.717) is 12.0 Å². The molecular weight excluding hydrogens is 414 g/mol. The van der Waals surface area contributed by atoms with Crippen molar-refractivity contribution in [2.45, 2.75) is 19.4 Å². The van der Waals surface area contributed by atoms with Gasteiger partial charge in [0, 0.05) is 57.7 Å². The minimum absolute atomic E-state index is 0. The number of anilines is 3. The summed E-state index contributed by atoms with van der Waals surface area (Å²) < 4.78 is 33.9. The Morgan fingerprint density at radius 2 is 1.78 bits per heavy atom. The van der Waals surface area contributed by atoms with Gasteiger partial charge in [0.05, 0.1) is 12.3 Å². The number of halogens is 2. The molecule has 3 aromatic rings. The van der Waals surface area contributed by atoms with Crippen LogP contribution in [0, 0.1) is 18.6 Å². The van der Waals surface area contributed by atoms with E-state index in [2.05, 4.69) is 44.3 Å². The number of hydrogen-bond donors (Lipinski definition) is 1. The molecule has 2 aliphatic heterocycles. The zero-order valence-electron chi connectivity index (χ0n) is 18.0. The van der Waals surface area contributed by atoms with Gasteiger partial charge >= 0.3 is 0 Å². The Labute approximate surface area is 187 Å². The number of ether oxygens (including phenoxy) is 1. The Kier molecular flexibility index (Phi) is 5.75. The van der Waals surface area contributed by atoms with Crippen molar-refractivity contribution in [3.05, 3.63) is 59.9 Å². The lowest BCUT2D eigenvalue weighted by Gasteiger charge is -2.38. The van der Waals surface area contributed by atoms with Gasteiger partial charge in [-0.05, 0) is 49.2 Å². The second kappa shape index (κ2) is 8.84. The molecule has 9 heteroatoms. The number of hydrogen-bond acceptors (Lipinski definition) is 6. The molecule has 0 radical (unpaired) electrons. The maximum absolute atomic E-state index is 13.5. The molecule has 0 aliphatic carbocycles. The third-order valence-electron chi connectivity index (χ3n) is 6.02. The summed E-state index contributed by atoms with van der Waals surface area (Å²) in [6.45, 7) is 7.77. The van der Waals surface area contributed by atoms with E-state index in [1.54, 1.807) is 0 Å². The van der Waals surface area contributed by atoms with Crippen LogP contribution >= 0.6 is 0 Å². The van der Waals surface area contributed by atoms with Crippen LogP contribution in [0.5, 0.6) is 0 Å². The predicted molar refractivity (Wildman–Crippen MR) is 121 cm³/mol. The van der Waals surface area contributed by atoms with Crippen LogP contribution in [0.25, 0.3) is 5.69 Å². The van der Waals surface area contributed by atoms with Gasteiger partial charge in [-0.2, -0.15) is 4.98 Å². The summed E-state index contributed by atoms with van der Waals surface area (Å²) in [4.78, 5) is 9.16. The van der Waals surface area contributed by atoms with Crippen LogP contribution < -0.4 is 10.2 Å². The third kappa shape index (κ3) is 4.58. The molecule has 1 atom stereocenters. The first-order valence-electron chi connectivity index (χ1n) is 10.9. The van der Waals surface area contributed by atoms with Gasteiger partial charge in [0.25, 0.3) is 0 Å². The summed E-state index contributed by atoms with van der Waals surface area (Å²) in [6, 6.07) is 10.1. The minimum atomic E-state index is -0.658. The number of nitrogens with one attached hydrogen (secondary N) is 1. The molecule has 1 unspecified atom stereocenters. The van der Waals surface area contributed by atoms with Crippen LogP contribution in [-0.4, -0.2) is 65.1 Å². The fourth-order valence-electron chi connectivity index (χ4n) is 4.42. The molecule has 0 bridgehead atoms. The Bertz CT molecular complexity index is 1080. The first kappa shape index (κ1) is 20.8. The Morgan fingerprint density at radius 1 is 1.00 bits per heavy atom. The molecule has 1 aromatic heterocycles. The predicted octanol–water partition coefficient (Wildman–Crippen LogP) is 3.75. The molecule has 32 heavy (non-hydrogen) atoms. The molecular formula is C23H28F2N6O. The molecule has 7 nitrogen and oxygen atoms in total. The molecule has 1 N–H and O–H groups in total. The summed E-state index contributed by atoms with van der Waals surface area (Å²) in [5, 5.41) is 7.53. The number of benzene rings is 2. The van der Waals surface area contributed by atoms with Gasteiger partial charge in [0.2, 0.25) is 5.95 Å². The minimum Gasteiger partial charge on any atom is -0.380 e. The summed E-state index contributed by atoms with van der Waals surface area (Å²) in [7, 11) is 0. The SMILES string of the molecule is Cc1cc(Nc2ncn(-c3cc(F)cc(F)c3)n2)cc(N2CCN(C3CCOC3)CC2)c1.[HH]. The van der Waals surface area contributed by atoms with Crippen molar-refractivity contribution < 1.29 is 14.9 Å².